The Bertz CT molecular complexity index is 423. The average molecular weight is 274 g/mol. The third-order valence-corrected chi connectivity index (χ3v) is 4.75. The smallest absolute Gasteiger partial charge is 0.128 e. The highest BCUT2D eigenvalue weighted by Crippen LogP contribution is 2.31. The number of nitrogens with zero attached hydrogens (tertiary/aromatic N) is 4. The molecule has 2 fully saturated rings. The van der Waals surface area contributed by atoms with E-state index in [0.29, 0.717) is 6.04 Å². The van der Waals surface area contributed by atoms with E-state index < -0.39 is 0 Å². The van der Waals surface area contributed by atoms with Crippen molar-refractivity contribution in [2.75, 3.05) is 51.2 Å². The lowest BCUT2D eigenvalue weighted by atomic mass is 10.1. The minimum Gasteiger partial charge on any atom is -0.354 e. The zero-order chi connectivity index (χ0) is 13.9. The van der Waals surface area contributed by atoms with Crippen LogP contribution in [0.5, 0.6) is 0 Å². The summed E-state index contributed by atoms with van der Waals surface area (Å²) in [5.74, 6) is 1.14. The molecule has 1 atom stereocenters. The summed E-state index contributed by atoms with van der Waals surface area (Å²) in [5.41, 5.74) is 1.39. The molecular formula is C16H26N4. The minimum atomic E-state index is 0.592. The van der Waals surface area contributed by atoms with E-state index in [4.69, 9.17) is 4.98 Å². The molecule has 0 N–H and O–H groups in total. The molecule has 3 heterocycles. The summed E-state index contributed by atoms with van der Waals surface area (Å²) >= 11 is 0. The predicted molar refractivity (Wildman–Crippen MR) is 83.2 cm³/mol. The zero-order valence-corrected chi connectivity index (χ0v) is 12.8. The fourth-order valence-corrected chi connectivity index (χ4v) is 3.40. The molecular weight excluding hydrogens is 248 g/mol. The van der Waals surface area contributed by atoms with Crippen molar-refractivity contribution >= 4 is 5.82 Å². The van der Waals surface area contributed by atoms with Gasteiger partial charge >= 0.3 is 0 Å². The van der Waals surface area contributed by atoms with Crippen LogP contribution in [0.4, 0.5) is 5.82 Å². The first kappa shape index (κ1) is 13.8. The molecule has 1 aromatic heterocycles. The van der Waals surface area contributed by atoms with E-state index >= 15 is 0 Å². The van der Waals surface area contributed by atoms with Crippen molar-refractivity contribution in [3.8, 4) is 0 Å². The van der Waals surface area contributed by atoms with E-state index in [0.717, 1.165) is 38.5 Å². The molecule has 2 aliphatic rings. The summed E-state index contributed by atoms with van der Waals surface area (Å²) < 4.78 is 0. The van der Waals surface area contributed by atoms with Crippen LogP contribution >= 0.6 is 0 Å². The van der Waals surface area contributed by atoms with E-state index in [9.17, 15) is 0 Å². The zero-order valence-electron chi connectivity index (χ0n) is 12.8. The highest BCUT2D eigenvalue weighted by atomic mass is 15.3. The maximum Gasteiger partial charge on any atom is 0.128 e. The van der Waals surface area contributed by atoms with Gasteiger partial charge in [0, 0.05) is 38.4 Å². The topological polar surface area (TPSA) is 22.6 Å². The molecule has 1 unspecified atom stereocenters. The van der Waals surface area contributed by atoms with Crippen LogP contribution in [0.1, 0.15) is 31.4 Å². The lowest BCUT2D eigenvalue weighted by Gasteiger charge is -2.33. The Hall–Kier alpha value is -1.13. The van der Waals surface area contributed by atoms with Gasteiger partial charge in [0.15, 0.2) is 0 Å². The number of hydrogen-bond acceptors (Lipinski definition) is 4. The largest absolute Gasteiger partial charge is 0.354 e. The van der Waals surface area contributed by atoms with Gasteiger partial charge in [0.25, 0.3) is 0 Å². The van der Waals surface area contributed by atoms with Crippen LogP contribution in [0.2, 0.25) is 0 Å². The van der Waals surface area contributed by atoms with Gasteiger partial charge in [-0.2, -0.15) is 0 Å². The Kier molecular flexibility index (Phi) is 4.22. The number of pyridine rings is 1. The van der Waals surface area contributed by atoms with Crippen molar-refractivity contribution in [3.05, 3.63) is 23.9 Å². The molecule has 1 aromatic rings. The number of hydrogen-bond donors (Lipinski definition) is 0. The SMILES string of the molecule is CCN1CCCC1c1ccc(N2CCN(C)CC2)nc1. The molecule has 0 saturated carbocycles. The first-order valence-electron chi connectivity index (χ1n) is 7.91. The molecule has 0 amide bonds. The maximum atomic E-state index is 4.72. The third kappa shape index (κ3) is 2.81. The summed E-state index contributed by atoms with van der Waals surface area (Å²) in [6.07, 6.45) is 4.70. The fourth-order valence-electron chi connectivity index (χ4n) is 3.40. The molecule has 3 rings (SSSR count). The maximum absolute atomic E-state index is 4.72. The van der Waals surface area contributed by atoms with Gasteiger partial charge < -0.3 is 9.80 Å². The molecule has 0 aliphatic carbocycles. The molecule has 2 aliphatic heterocycles. The third-order valence-electron chi connectivity index (χ3n) is 4.75. The molecule has 0 bridgehead atoms. The van der Waals surface area contributed by atoms with Crippen LogP contribution in [0.3, 0.4) is 0 Å². The molecule has 20 heavy (non-hydrogen) atoms. The molecule has 4 heteroatoms. The second-order valence-corrected chi connectivity index (χ2v) is 6.03. The number of rotatable bonds is 3. The second-order valence-electron chi connectivity index (χ2n) is 6.03. The molecule has 0 aromatic carbocycles. The summed E-state index contributed by atoms with van der Waals surface area (Å²) in [6, 6.07) is 5.10. The van der Waals surface area contributed by atoms with E-state index in [2.05, 4.69) is 47.0 Å². The van der Waals surface area contributed by atoms with Crippen molar-refractivity contribution in [2.45, 2.75) is 25.8 Å². The summed E-state index contributed by atoms with van der Waals surface area (Å²) in [5, 5.41) is 0. The monoisotopic (exact) mass is 274 g/mol. The second kappa shape index (κ2) is 6.10. The summed E-state index contributed by atoms with van der Waals surface area (Å²) in [4.78, 5) is 12.1. The van der Waals surface area contributed by atoms with Crippen molar-refractivity contribution in [3.63, 3.8) is 0 Å². The Morgan fingerprint density at radius 3 is 2.60 bits per heavy atom. The lowest BCUT2D eigenvalue weighted by molar-refractivity contribution is 0.271. The summed E-state index contributed by atoms with van der Waals surface area (Å²) in [7, 11) is 2.19. The van der Waals surface area contributed by atoms with Crippen molar-refractivity contribution in [2.24, 2.45) is 0 Å². The first-order valence-corrected chi connectivity index (χ1v) is 7.91. The van der Waals surface area contributed by atoms with Crippen LogP contribution in [0.25, 0.3) is 0 Å². The molecule has 4 nitrogen and oxygen atoms in total. The van der Waals surface area contributed by atoms with Gasteiger partial charge in [-0.25, -0.2) is 4.98 Å². The fraction of sp³-hybridized carbons (Fsp3) is 0.688. The Morgan fingerprint density at radius 1 is 1.15 bits per heavy atom. The van der Waals surface area contributed by atoms with E-state index in [1.54, 1.807) is 0 Å². The van der Waals surface area contributed by atoms with Crippen LogP contribution in [0.15, 0.2) is 18.3 Å². The number of likely N-dealkylation sites (tertiary alicyclic amines) is 1. The quantitative estimate of drug-likeness (QED) is 0.840. The molecule has 0 radical (unpaired) electrons. The van der Waals surface area contributed by atoms with Crippen molar-refractivity contribution in [1.29, 1.82) is 0 Å². The standard InChI is InChI=1S/C16H26N4/c1-3-19-8-4-5-15(19)14-6-7-16(17-13-14)20-11-9-18(2)10-12-20/h6-7,13,15H,3-5,8-12H2,1-2H3. The van der Waals surface area contributed by atoms with Crippen molar-refractivity contribution in [1.82, 2.24) is 14.8 Å². The van der Waals surface area contributed by atoms with E-state index in [1.165, 1.54) is 24.9 Å². The highest BCUT2D eigenvalue weighted by molar-refractivity contribution is 5.40. The van der Waals surface area contributed by atoms with E-state index in [-0.39, 0.29) is 0 Å². The molecule has 0 spiro atoms. The van der Waals surface area contributed by atoms with Crippen molar-refractivity contribution < 1.29 is 0 Å². The van der Waals surface area contributed by atoms with Gasteiger partial charge in [0.1, 0.15) is 5.82 Å². The van der Waals surface area contributed by atoms with Crippen LogP contribution < -0.4 is 4.90 Å². The number of anilines is 1. The van der Waals surface area contributed by atoms with Gasteiger partial charge in [0.05, 0.1) is 0 Å². The Balaban J connectivity index is 1.68. The van der Waals surface area contributed by atoms with E-state index in [1.807, 2.05) is 0 Å². The summed E-state index contributed by atoms with van der Waals surface area (Å²) in [6.45, 7) is 9.09. The number of aromatic nitrogens is 1. The molecule has 110 valence electrons. The Labute approximate surface area is 122 Å². The average Bonchev–Trinajstić information content (AvgIpc) is 2.97. The van der Waals surface area contributed by atoms with Gasteiger partial charge in [-0.1, -0.05) is 13.0 Å². The van der Waals surface area contributed by atoms with Gasteiger partial charge in [-0.15, -0.1) is 0 Å². The van der Waals surface area contributed by atoms with Crippen LogP contribution in [-0.2, 0) is 0 Å². The predicted octanol–water partition coefficient (Wildman–Crippen LogP) is 1.99. The van der Waals surface area contributed by atoms with Crippen LogP contribution in [0, 0.1) is 0 Å². The first-order chi connectivity index (χ1) is 9.78. The number of piperazine rings is 1. The van der Waals surface area contributed by atoms with Crippen LogP contribution in [-0.4, -0.2) is 61.1 Å². The number of likely N-dealkylation sites (N-methyl/N-ethyl adjacent to an activating group) is 1. The molecule has 2 saturated heterocycles. The minimum absolute atomic E-state index is 0.592. The Morgan fingerprint density at radius 2 is 1.95 bits per heavy atom. The van der Waals surface area contributed by atoms with Gasteiger partial charge in [-0.3, -0.25) is 4.90 Å². The van der Waals surface area contributed by atoms with Gasteiger partial charge in [0.2, 0.25) is 0 Å². The lowest BCUT2D eigenvalue weighted by Crippen LogP contribution is -2.44. The highest BCUT2D eigenvalue weighted by Gasteiger charge is 2.25. The van der Waals surface area contributed by atoms with Gasteiger partial charge in [-0.05, 0) is 44.6 Å². The normalized spacial score (nSPS) is 25.3.